The monoisotopic (exact) mass is 483 g/mol. The zero-order chi connectivity index (χ0) is 21.9. The van der Waals surface area contributed by atoms with Gasteiger partial charge in [-0.05, 0) is 35.9 Å². The van der Waals surface area contributed by atoms with Gasteiger partial charge >= 0.3 is 5.97 Å². The standard InChI is InChI=1S/C26H18BrN3O2/c27-22-13-11-18(12-14-22)16-30-17-21(24(29-30)19-7-3-1-4-8-19)15-23-26(31)32-25(28-23)20-9-5-2-6-10-20/h1-15,17H,16H2/b23-15-. The number of hydrogen-bond acceptors (Lipinski definition) is 4. The quantitative estimate of drug-likeness (QED) is 0.270. The average molecular weight is 484 g/mol. The maximum atomic E-state index is 12.5. The van der Waals surface area contributed by atoms with E-state index in [1.165, 1.54) is 0 Å². The molecule has 32 heavy (non-hydrogen) atoms. The lowest BCUT2D eigenvalue weighted by atomic mass is 10.1. The molecule has 0 unspecified atom stereocenters. The third-order valence-electron chi connectivity index (χ3n) is 5.03. The second kappa shape index (κ2) is 8.77. The molecule has 156 valence electrons. The molecule has 3 aromatic carbocycles. The summed E-state index contributed by atoms with van der Waals surface area (Å²) in [6, 6.07) is 27.4. The predicted molar refractivity (Wildman–Crippen MR) is 128 cm³/mol. The number of ether oxygens (including phenoxy) is 1. The van der Waals surface area contributed by atoms with E-state index in [0.29, 0.717) is 12.4 Å². The Labute approximate surface area is 193 Å². The lowest BCUT2D eigenvalue weighted by Gasteiger charge is -2.02. The van der Waals surface area contributed by atoms with Crippen molar-refractivity contribution in [3.63, 3.8) is 0 Å². The molecule has 0 saturated heterocycles. The summed E-state index contributed by atoms with van der Waals surface area (Å²) in [5.41, 5.74) is 4.69. The number of benzene rings is 3. The van der Waals surface area contributed by atoms with Crippen LogP contribution in [0.3, 0.4) is 0 Å². The summed E-state index contributed by atoms with van der Waals surface area (Å²) in [6.45, 7) is 0.610. The van der Waals surface area contributed by atoms with Gasteiger partial charge in [-0.3, -0.25) is 4.68 Å². The van der Waals surface area contributed by atoms with E-state index in [0.717, 1.165) is 32.4 Å². The molecule has 0 saturated carbocycles. The highest BCUT2D eigenvalue weighted by Crippen LogP contribution is 2.27. The number of nitrogens with zero attached hydrogens (tertiary/aromatic N) is 3. The molecule has 4 aromatic rings. The van der Waals surface area contributed by atoms with Crippen LogP contribution >= 0.6 is 15.9 Å². The van der Waals surface area contributed by atoms with Gasteiger partial charge < -0.3 is 4.74 Å². The van der Waals surface area contributed by atoms with Crippen LogP contribution < -0.4 is 0 Å². The number of esters is 1. The minimum Gasteiger partial charge on any atom is -0.402 e. The fourth-order valence-electron chi connectivity index (χ4n) is 3.48. The first-order chi connectivity index (χ1) is 15.7. The molecule has 0 radical (unpaired) electrons. The van der Waals surface area contributed by atoms with Gasteiger partial charge in [0, 0.05) is 27.4 Å². The number of cyclic esters (lactones) is 1. The Morgan fingerprint density at radius 3 is 2.22 bits per heavy atom. The van der Waals surface area contributed by atoms with Crippen molar-refractivity contribution in [2.24, 2.45) is 4.99 Å². The first-order valence-electron chi connectivity index (χ1n) is 10.1. The van der Waals surface area contributed by atoms with Crippen molar-refractivity contribution in [3.05, 3.63) is 118 Å². The Hall–Kier alpha value is -3.77. The molecule has 0 amide bonds. The van der Waals surface area contributed by atoms with Crippen LogP contribution in [0.1, 0.15) is 16.7 Å². The minimum absolute atomic E-state index is 0.254. The lowest BCUT2D eigenvalue weighted by Crippen LogP contribution is -2.04. The number of aromatic nitrogens is 2. The molecule has 0 spiro atoms. The van der Waals surface area contributed by atoms with Crippen LogP contribution in [-0.4, -0.2) is 21.6 Å². The third-order valence-corrected chi connectivity index (χ3v) is 5.56. The first kappa shape index (κ1) is 20.2. The summed E-state index contributed by atoms with van der Waals surface area (Å²) in [5, 5.41) is 4.80. The van der Waals surface area contributed by atoms with Crippen molar-refractivity contribution < 1.29 is 9.53 Å². The van der Waals surface area contributed by atoms with Crippen LogP contribution in [0.4, 0.5) is 0 Å². The molecule has 0 fully saturated rings. The number of halogens is 1. The van der Waals surface area contributed by atoms with Crippen LogP contribution in [-0.2, 0) is 16.1 Å². The normalized spacial score (nSPS) is 14.5. The zero-order valence-corrected chi connectivity index (χ0v) is 18.6. The van der Waals surface area contributed by atoms with Gasteiger partial charge in [0.15, 0.2) is 5.70 Å². The molecule has 0 atom stereocenters. The number of aliphatic imine (C=N–C) groups is 1. The molecule has 1 aromatic heterocycles. The molecule has 0 aliphatic carbocycles. The van der Waals surface area contributed by atoms with Gasteiger partial charge in [0.1, 0.15) is 0 Å². The highest BCUT2D eigenvalue weighted by atomic mass is 79.9. The SMILES string of the molecule is O=C1OC(c2ccccc2)=N/C1=C\c1cn(Cc2ccc(Br)cc2)nc1-c1ccccc1. The highest BCUT2D eigenvalue weighted by molar-refractivity contribution is 9.10. The largest absolute Gasteiger partial charge is 0.402 e. The zero-order valence-electron chi connectivity index (χ0n) is 17.0. The second-order valence-corrected chi connectivity index (χ2v) is 8.24. The Kier molecular flexibility index (Phi) is 5.52. The van der Waals surface area contributed by atoms with Gasteiger partial charge in [0.25, 0.3) is 0 Å². The molecular formula is C26H18BrN3O2. The van der Waals surface area contributed by atoms with Crippen molar-refractivity contribution >= 4 is 33.9 Å². The van der Waals surface area contributed by atoms with Crippen molar-refractivity contribution in [1.82, 2.24) is 9.78 Å². The Bertz CT molecular complexity index is 1320. The van der Waals surface area contributed by atoms with Gasteiger partial charge in [0.2, 0.25) is 5.90 Å². The van der Waals surface area contributed by atoms with E-state index < -0.39 is 5.97 Å². The molecule has 0 N–H and O–H groups in total. The van der Waals surface area contributed by atoms with E-state index in [1.807, 2.05) is 83.7 Å². The fourth-order valence-corrected chi connectivity index (χ4v) is 3.75. The first-order valence-corrected chi connectivity index (χ1v) is 10.9. The number of hydrogen-bond donors (Lipinski definition) is 0. The third kappa shape index (κ3) is 4.31. The molecule has 1 aliphatic rings. The van der Waals surface area contributed by atoms with Gasteiger partial charge in [-0.1, -0.05) is 76.6 Å². The van der Waals surface area contributed by atoms with Crippen molar-refractivity contribution in [2.75, 3.05) is 0 Å². The Morgan fingerprint density at radius 2 is 1.53 bits per heavy atom. The highest BCUT2D eigenvalue weighted by Gasteiger charge is 2.25. The topological polar surface area (TPSA) is 56.5 Å². The lowest BCUT2D eigenvalue weighted by molar-refractivity contribution is -0.129. The molecule has 5 nitrogen and oxygen atoms in total. The van der Waals surface area contributed by atoms with E-state index in [4.69, 9.17) is 9.84 Å². The number of carbonyl (C=O) groups is 1. The van der Waals surface area contributed by atoms with Crippen LogP contribution in [0.2, 0.25) is 0 Å². The smallest absolute Gasteiger partial charge is 0.363 e. The fraction of sp³-hybridized carbons (Fsp3) is 0.0385. The minimum atomic E-state index is -0.469. The molecule has 0 bridgehead atoms. The maximum Gasteiger partial charge on any atom is 0.363 e. The van der Waals surface area contributed by atoms with E-state index in [-0.39, 0.29) is 5.70 Å². The maximum absolute atomic E-state index is 12.5. The predicted octanol–water partition coefficient (Wildman–Crippen LogP) is 5.71. The van der Waals surface area contributed by atoms with E-state index in [1.54, 1.807) is 6.08 Å². The van der Waals surface area contributed by atoms with E-state index in [2.05, 4.69) is 33.1 Å². The van der Waals surface area contributed by atoms with Crippen LogP contribution in [0.15, 0.2) is 106 Å². The summed E-state index contributed by atoms with van der Waals surface area (Å²) < 4.78 is 8.31. The van der Waals surface area contributed by atoms with E-state index in [9.17, 15) is 4.79 Å². The van der Waals surface area contributed by atoms with Crippen LogP contribution in [0, 0.1) is 0 Å². The Balaban J connectivity index is 1.53. The summed E-state index contributed by atoms with van der Waals surface area (Å²) in [7, 11) is 0. The van der Waals surface area contributed by atoms with Crippen molar-refractivity contribution in [2.45, 2.75) is 6.54 Å². The molecular weight excluding hydrogens is 466 g/mol. The van der Waals surface area contributed by atoms with Crippen LogP contribution in [0.25, 0.3) is 17.3 Å². The summed E-state index contributed by atoms with van der Waals surface area (Å²) >= 11 is 3.47. The van der Waals surface area contributed by atoms with Gasteiger partial charge in [0.05, 0.1) is 12.2 Å². The average Bonchev–Trinajstić information content (AvgIpc) is 3.40. The summed E-state index contributed by atoms with van der Waals surface area (Å²) in [4.78, 5) is 16.9. The van der Waals surface area contributed by atoms with Crippen LogP contribution in [0.5, 0.6) is 0 Å². The summed E-state index contributed by atoms with van der Waals surface area (Å²) in [5.74, 6) is -0.158. The van der Waals surface area contributed by atoms with Crippen molar-refractivity contribution in [3.8, 4) is 11.3 Å². The molecule has 6 heteroatoms. The second-order valence-electron chi connectivity index (χ2n) is 7.33. The van der Waals surface area contributed by atoms with Gasteiger partial charge in [-0.2, -0.15) is 5.10 Å². The summed E-state index contributed by atoms with van der Waals surface area (Å²) in [6.07, 6.45) is 3.67. The van der Waals surface area contributed by atoms with Crippen molar-refractivity contribution in [1.29, 1.82) is 0 Å². The molecule has 2 heterocycles. The molecule has 1 aliphatic heterocycles. The van der Waals surface area contributed by atoms with E-state index >= 15 is 0 Å². The number of carbonyl (C=O) groups excluding carboxylic acids is 1. The molecule has 5 rings (SSSR count). The Morgan fingerprint density at radius 1 is 0.875 bits per heavy atom. The van der Waals surface area contributed by atoms with Gasteiger partial charge in [-0.15, -0.1) is 0 Å². The van der Waals surface area contributed by atoms with Gasteiger partial charge in [-0.25, -0.2) is 9.79 Å². The number of rotatable bonds is 5.